The Kier molecular flexibility index (Phi) is 4.41. The van der Waals surface area contributed by atoms with Gasteiger partial charge in [0.15, 0.2) is 5.69 Å². The van der Waals surface area contributed by atoms with Gasteiger partial charge in [-0.2, -0.15) is 5.10 Å². The normalized spacial score (nSPS) is 23.3. The van der Waals surface area contributed by atoms with E-state index in [4.69, 9.17) is 0 Å². The van der Waals surface area contributed by atoms with Gasteiger partial charge >= 0.3 is 0 Å². The molecule has 144 valence electrons. The van der Waals surface area contributed by atoms with E-state index >= 15 is 0 Å². The first kappa shape index (κ1) is 18.2. The molecule has 2 aliphatic rings. The second kappa shape index (κ2) is 6.78. The molecule has 8 nitrogen and oxygen atoms in total. The first-order valence-electron chi connectivity index (χ1n) is 9.05. The molecule has 2 heterocycles. The van der Waals surface area contributed by atoms with Crippen LogP contribution in [-0.4, -0.2) is 56.3 Å². The van der Waals surface area contributed by atoms with Crippen LogP contribution in [0.2, 0.25) is 0 Å². The van der Waals surface area contributed by atoms with Crippen LogP contribution < -0.4 is 5.32 Å². The van der Waals surface area contributed by atoms with E-state index in [2.05, 4.69) is 27.4 Å². The number of aliphatic hydroxyl groups is 2. The number of anilines is 1. The average Bonchev–Trinajstić information content (AvgIpc) is 3.33. The van der Waals surface area contributed by atoms with Gasteiger partial charge in [-0.1, -0.05) is 17.9 Å². The molecule has 0 saturated carbocycles. The number of carbonyl (C=O) groups excluding carboxylic acids is 2. The van der Waals surface area contributed by atoms with E-state index in [0.29, 0.717) is 36.3 Å². The summed E-state index contributed by atoms with van der Waals surface area (Å²) in [5, 5.41) is 29.7. The first-order chi connectivity index (χ1) is 13.4. The number of aliphatic hydroxyl groups excluding tert-OH is 1. The van der Waals surface area contributed by atoms with Gasteiger partial charge in [-0.25, -0.2) is 0 Å². The lowest BCUT2D eigenvalue weighted by Crippen LogP contribution is -2.37. The summed E-state index contributed by atoms with van der Waals surface area (Å²) in [6, 6.07) is 6.84. The summed E-state index contributed by atoms with van der Waals surface area (Å²) >= 11 is 0. The monoisotopic (exact) mass is 380 g/mol. The Balaban J connectivity index is 1.51. The van der Waals surface area contributed by atoms with E-state index in [1.165, 1.54) is 4.90 Å². The number of fused-ring (bicyclic) bond motifs is 1. The number of benzene rings is 1. The molecule has 4 rings (SSSR count). The fourth-order valence-corrected chi connectivity index (χ4v) is 3.53. The number of amides is 2. The number of likely N-dealkylation sites (N-methyl/N-ethyl adjacent to an activating group) is 1. The lowest BCUT2D eigenvalue weighted by atomic mass is 10.0. The number of nitrogens with one attached hydrogen (secondary N) is 2. The highest BCUT2D eigenvalue weighted by molar-refractivity contribution is 6.04. The van der Waals surface area contributed by atoms with Crippen LogP contribution in [0.15, 0.2) is 24.3 Å². The predicted octanol–water partition coefficient (Wildman–Crippen LogP) is 0.586. The molecule has 2 atom stereocenters. The Morgan fingerprint density at radius 1 is 1.46 bits per heavy atom. The lowest BCUT2D eigenvalue weighted by Gasteiger charge is -2.13. The molecule has 0 unspecified atom stereocenters. The third-order valence-electron chi connectivity index (χ3n) is 5.16. The first-order valence-corrected chi connectivity index (χ1v) is 9.05. The molecule has 0 spiro atoms. The lowest BCUT2D eigenvalue weighted by molar-refractivity contribution is -0.137. The molecule has 1 aliphatic carbocycles. The topological polar surface area (TPSA) is 119 Å². The van der Waals surface area contributed by atoms with Gasteiger partial charge < -0.3 is 20.4 Å². The van der Waals surface area contributed by atoms with Crippen molar-refractivity contribution < 1.29 is 19.8 Å². The predicted molar refractivity (Wildman–Crippen MR) is 100 cm³/mol. The molecular weight excluding hydrogens is 360 g/mol. The highest BCUT2D eigenvalue weighted by atomic mass is 16.3. The number of aromatic amines is 1. The summed E-state index contributed by atoms with van der Waals surface area (Å²) in [4.78, 5) is 26.0. The Morgan fingerprint density at radius 2 is 2.29 bits per heavy atom. The van der Waals surface area contributed by atoms with Crippen molar-refractivity contribution in [3.8, 4) is 11.8 Å². The summed E-state index contributed by atoms with van der Waals surface area (Å²) in [5.74, 6) is 4.70. The number of likely N-dealkylation sites (tertiary alicyclic amines) is 1. The van der Waals surface area contributed by atoms with Crippen molar-refractivity contribution in [1.82, 2.24) is 15.1 Å². The van der Waals surface area contributed by atoms with Gasteiger partial charge in [0.1, 0.15) is 0 Å². The van der Waals surface area contributed by atoms with Gasteiger partial charge in [0.05, 0.1) is 11.8 Å². The van der Waals surface area contributed by atoms with Gasteiger partial charge in [0, 0.05) is 36.8 Å². The van der Waals surface area contributed by atoms with E-state index in [1.54, 1.807) is 31.3 Å². The second-order valence-corrected chi connectivity index (χ2v) is 7.14. The van der Waals surface area contributed by atoms with E-state index in [0.717, 1.165) is 5.56 Å². The fraction of sp³-hybridized carbons (Fsp3) is 0.350. The molecule has 2 aromatic rings. The Bertz CT molecular complexity index is 1020. The van der Waals surface area contributed by atoms with E-state index in [9.17, 15) is 19.8 Å². The van der Waals surface area contributed by atoms with Gasteiger partial charge in [-0.3, -0.25) is 14.7 Å². The largest absolute Gasteiger partial charge is 0.387 e. The molecule has 0 radical (unpaired) electrons. The summed E-state index contributed by atoms with van der Waals surface area (Å²) < 4.78 is 0. The second-order valence-electron chi connectivity index (χ2n) is 7.14. The molecule has 1 aromatic carbocycles. The maximum atomic E-state index is 12.5. The number of H-pyrrole nitrogens is 1. The molecule has 1 aromatic heterocycles. The summed E-state index contributed by atoms with van der Waals surface area (Å²) in [6.45, 7) is 0.461. The van der Waals surface area contributed by atoms with Crippen molar-refractivity contribution in [3.63, 3.8) is 0 Å². The minimum Gasteiger partial charge on any atom is -0.387 e. The van der Waals surface area contributed by atoms with Crippen molar-refractivity contribution in [3.05, 3.63) is 46.8 Å². The van der Waals surface area contributed by atoms with Crippen LogP contribution in [0.1, 0.15) is 46.3 Å². The van der Waals surface area contributed by atoms with Crippen LogP contribution in [-0.2, 0) is 11.2 Å². The van der Waals surface area contributed by atoms with Crippen molar-refractivity contribution >= 4 is 17.5 Å². The van der Waals surface area contributed by atoms with E-state index in [1.807, 2.05) is 0 Å². The van der Waals surface area contributed by atoms with E-state index < -0.39 is 17.6 Å². The van der Waals surface area contributed by atoms with Crippen molar-refractivity contribution in [1.29, 1.82) is 0 Å². The van der Waals surface area contributed by atoms with Gasteiger partial charge in [-0.15, -0.1) is 0 Å². The molecule has 2 amide bonds. The van der Waals surface area contributed by atoms with E-state index in [-0.39, 0.29) is 18.0 Å². The molecule has 4 N–H and O–H groups in total. The number of hydrogen-bond donors (Lipinski definition) is 4. The third kappa shape index (κ3) is 3.15. The highest BCUT2D eigenvalue weighted by Crippen LogP contribution is 2.31. The van der Waals surface area contributed by atoms with Crippen LogP contribution in [0, 0.1) is 11.8 Å². The smallest absolute Gasteiger partial charge is 0.276 e. The quantitative estimate of drug-likeness (QED) is 0.569. The Hall–Kier alpha value is -3.15. The number of nitrogens with zero attached hydrogens (tertiary/aromatic N) is 2. The van der Waals surface area contributed by atoms with Crippen molar-refractivity contribution in [2.75, 3.05) is 18.9 Å². The van der Waals surface area contributed by atoms with Crippen LogP contribution in [0.3, 0.4) is 0 Å². The molecule has 28 heavy (non-hydrogen) atoms. The van der Waals surface area contributed by atoms with Crippen molar-refractivity contribution in [2.24, 2.45) is 0 Å². The van der Waals surface area contributed by atoms with Crippen LogP contribution in [0.25, 0.3) is 0 Å². The number of aromatic nitrogens is 2. The van der Waals surface area contributed by atoms with Crippen LogP contribution >= 0.6 is 0 Å². The van der Waals surface area contributed by atoms with Gasteiger partial charge in [0.2, 0.25) is 5.60 Å². The summed E-state index contributed by atoms with van der Waals surface area (Å²) in [7, 11) is 1.63. The maximum absolute atomic E-state index is 12.5. The average molecular weight is 380 g/mol. The molecule has 1 saturated heterocycles. The molecule has 0 bridgehead atoms. The zero-order chi connectivity index (χ0) is 19.9. The number of hydrogen-bond acceptors (Lipinski definition) is 5. The Labute approximate surface area is 161 Å². The summed E-state index contributed by atoms with van der Waals surface area (Å²) in [5.41, 5.74) is 1.04. The number of rotatable bonds is 2. The maximum Gasteiger partial charge on any atom is 0.276 e. The Morgan fingerprint density at radius 3 is 3.04 bits per heavy atom. The van der Waals surface area contributed by atoms with Gasteiger partial charge in [-0.05, 0) is 31.0 Å². The molecule has 8 heteroatoms. The third-order valence-corrected chi connectivity index (χ3v) is 5.16. The molecular formula is C20H20N4O4. The minimum absolute atomic E-state index is 0.266. The standard InChI is InChI=1S/C20H20N4O4/c1-24-10-9-20(28,19(24)27)8-7-12-3-2-4-13(11-12)21-18(26)17-14-5-6-15(25)16(14)22-23-17/h2-4,11,15,25,28H,5-6,9-10H2,1H3,(H,21,26)(H,22,23)/t15-,20-/m0/s1. The minimum atomic E-state index is -1.66. The highest BCUT2D eigenvalue weighted by Gasteiger charge is 2.42. The van der Waals surface area contributed by atoms with Crippen LogP contribution in [0.4, 0.5) is 5.69 Å². The zero-order valence-corrected chi connectivity index (χ0v) is 15.3. The molecule has 1 aliphatic heterocycles. The fourth-order valence-electron chi connectivity index (χ4n) is 3.53. The van der Waals surface area contributed by atoms with Crippen molar-refractivity contribution in [2.45, 2.75) is 31.0 Å². The van der Waals surface area contributed by atoms with Gasteiger partial charge in [0.25, 0.3) is 11.8 Å². The summed E-state index contributed by atoms with van der Waals surface area (Å²) in [6.07, 6.45) is 0.835. The zero-order valence-electron chi connectivity index (χ0n) is 15.3. The van der Waals surface area contributed by atoms with Crippen LogP contribution in [0.5, 0.6) is 0 Å². The molecule has 1 fully saturated rings. The number of carbonyl (C=O) groups is 2. The SMILES string of the molecule is CN1CC[C@@](O)(C#Cc2cccc(NC(=O)c3n[nH]c4c3CC[C@@H]4O)c2)C1=O.